The zero-order chi connectivity index (χ0) is 23.3. The molecule has 0 saturated carbocycles. The third-order valence-electron chi connectivity index (χ3n) is 5.03. The van der Waals surface area contributed by atoms with E-state index in [4.69, 9.17) is 11.2 Å². The summed E-state index contributed by atoms with van der Waals surface area (Å²) in [5.74, 6) is 0.219. The van der Waals surface area contributed by atoms with E-state index in [-0.39, 0.29) is 17.9 Å². The first kappa shape index (κ1) is 23.4. The van der Waals surface area contributed by atoms with Crippen molar-refractivity contribution in [2.45, 2.75) is 26.8 Å². The summed E-state index contributed by atoms with van der Waals surface area (Å²) < 4.78 is 6.47. The maximum Gasteiger partial charge on any atom is 0.293 e. The molecule has 0 aliphatic heterocycles. The predicted molar refractivity (Wildman–Crippen MR) is 116 cm³/mol. The average molecular weight is 420 g/mol. The van der Waals surface area contributed by atoms with Gasteiger partial charge in [0.15, 0.2) is 0 Å². The summed E-state index contributed by atoms with van der Waals surface area (Å²) in [7, 11) is 3.07. The van der Waals surface area contributed by atoms with E-state index in [1.807, 2.05) is 0 Å². The number of amides is 2. The maximum atomic E-state index is 12.9. The standard InChI is InChI=1S/C23H24N4O4/c1-7-17(12-31-6)25-23(30)21(28)19-14(3)20(27(5)15(19)4)22(29)26-18-9-8-13(2)16(10-18)11-24/h1,8-10,17H,12H2,2-6H3,(H,25,30)(H,26,29)/t17-/m0/s1. The molecule has 1 heterocycles. The number of carbonyl (C=O) groups is 3. The van der Waals surface area contributed by atoms with Crippen molar-refractivity contribution in [3.8, 4) is 18.4 Å². The third-order valence-corrected chi connectivity index (χ3v) is 5.03. The Morgan fingerprint density at radius 3 is 2.52 bits per heavy atom. The summed E-state index contributed by atoms with van der Waals surface area (Å²) >= 11 is 0. The highest BCUT2D eigenvalue weighted by molar-refractivity contribution is 6.43. The van der Waals surface area contributed by atoms with E-state index in [0.29, 0.717) is 22.5 Å². The van der Waals surface area contributed by atoms with Gasteiger partial charge in [0.2, 0.25) is 0 Å². The SMILES string of the molecule is C#C[C@@H](COC)NC(=O)C(=O)c1c(C)c(C(=O)Nc2ccc(C)c(C#N)c2)n(C)c1C. The number of hydrogen-bond donors (Lipinski definition) is 2. The molecule has 8 heteroatoms. The molecule has 1 aromatic heterocycles. The first-order chi connectivity index (χ1) is 14.7. The van der Waals surface area contributed by atoms with E-state index < -0.39 is 23.6 Å². The van der Waals surface area contributed by atoms with Crippen LogP contribution in [-0.2, 0) is 16.6 Å². The Bertz CT molecular complexity index is 1130. The lowest BCUT2D eigenvalue weighted by Gasteiger charge is -2.11. The molecule has 31 heavy (non-hydrogen) atoms. The summed E-state index contributed by atoms with van der Waals surface area (Å²) in [4.78, 5) is 38.2. The van der Waals surface area contributed by atoms with Crippen molar-refractivity contribution in [2.24, 2.45) is 7.05 Å². The van der Waals surface area contributed by atoms with Gasteiger partial charge in [-0.1, -0.05) is 12.0 Å². The van der Waals surface area contributed by atoms with Crippen molar-refractivity contribution in [1.29, 1.82) is 5.26 Å². The second kappa shape index (κ2) is 9.75. The van der Waals surface area contributed by atoms with Crippen LogP contribution in [0.15, 0.2) is 18.2 Å². The number of Topliss-reactive ketones (excluding diaryl/α,β-unsaturated/α-hetero) is 1. The Labute approximate surface area is 181 Å². The topological polar surface area (TPSA) is 113 Å². The third kappa shape index (κ3) is 4.82. The molecule has 0 fully saturated rings. The number of methoxy groups -OCH3 is 1. The lowest BCUT2D eigenvalue weighted by molar-refractivity contribution is -0.117. The highest BCUT2D eigenvalue weighted by atomic mass is 16.5. The summed E-state index contributed by atoms with van der Waals surface area (Å²) in [6.07, 6.45) is 5.34. The molecule has 0 unspecified atom stereocenters. The molecule has 0 bridgehead atoms. The number of ether oxygens (including phenoxy) is 1. The minimum Gasteiger partial charge on any atom is -0.382 e. The van der Waals surface area contributed by atoms with Crippen molar-refractivity contribution in [3.63, 3.8) is 0 Å². The Kier molecular flexibility index (Phi) is 7.36. The van der Waals surface area contributed by atoms with Crippen molar-refractivity contribution in [2.75, 3.05) is 19.0 Å². The molecule has 160 valence electrons. The molecule has 2 aromatic rings. The van der Waals surface area contributed by atoms with Gasteiger partial charge in [-0.2, -0.15) is 5.26 Å². The molecule has 1 aromatic carbocycles. The number of carbonyl (C=O) groups excluding carboxylic acids is 3. The van der Waals surface area contributed by atoms with Gasteiger partial charge in [0.1, 0.15) is 11.7 Å². The summed E-state index contributed by atoms with van der Waals surface area (Å²) in [5.41, 5.74) is 2.90. The van der Waals surface area contributed by atoms with E-state index in [0.717, 1.165) is 5.56 Å². The van der Waals surface area contributed by atoms with Gasteiger partial charge >= 0.3 is 0 Å². The van der Waals surface area contributed by atoms with Gasteiger partial charge < -0.3 is 19.9 Å². The molecule has 0 aliphatic rings. The minimum atomic E-state index is -0.874. The number of hydrogen-bond acceptors (Lipinski definition) is 5. The number of aromatic nitrogens is 1. The molecule has 0 aliphatic carbocycles. The van der Waals surface area contributed by atoms with Crippen molar-refractivity contribution >= 4 is 23.3 Å². The molecule has 2 rings (SSSR count). The van der Waals surface area contributed by atoms with Crippen molar-refractivity contribution < 1.29 is 19.1 Å². The smallest absolute Gasteiger partial charge is 0.293 e. The number of nitrogens with zero attached hydrogens (tertiary/aromatic N) is 2. The zero-order valence-corrected chi connectivity index (χ0v) is 18.1. The monoisotopic (exact) mass is 420 g/mol. The van der Waals surface area contributed by atoms with Crippen LogP contribution in [0.4, 0.5) is 5.69 Å². The second-order valence-corrected chi connectivity index (χ2v) is 7.07. The maximum absolute atomic E-state index is 12.9. The molecular weight excluding hydrogens is 396 g/mol. The minimum absolute atomic E-state index is 0.0666. The van der Waals surface area contributed by atoms with E-state index >= 15 is 0 Å². The Balaban J connectivity index is 2.34. The van der Waals surface area contributed by atoms with E-state index in [1.165, 1.54) is 7.11 Å². The van der Waals surface area contributed by atoms with Crippen LogP contribution in [-0.4, -0.2) is 41.9 Å². The number of ketones is 1. The van der Waals surface area contributed by atoms with Crippen molar-refractivity contribution in [3.05, 3.63) is 51.8 Å². The largest absolute Gasteiger partial charge is 0.382 e. The Morgan fingerprint density at radius 2 is 1.94 bits per heavy atom. The highest BCUT2D eigenvalue weighted by Gasteiger charge is 2.29. The number of anilines is 1. The number of aryl methyl sites for hydroxylation is 1. The zero-order valence-electron chi connectivity index (χ0n) is 18.1. The molecule has 0 saturated heterocycles. The number of rotatable bonds is 7. The first-order valence-corrected chi connectivity index (χ1v) is 9.44. The normalized spacial score (nSPS) is 11.2. The number of nitrogens with one attached hydrogen (secondary N) is 2. The fourth-order valence-corrected chi connectivity index (χ4v) is 3.28. The number of benzene rings is 1. The lowest BCUT2D eigenvalue weighted by Crippen LogP contribution is -2.41. The van der Waals surface area contributed by atoms with Crippen LogP contribution in [0.5, 0.6) is 0 Å². The van der Waals surface area contributed by atoms with Gasteiger partial charge in [0, 0.05) is 25.5 Å². The van der Waals surface area contributed by atoms with Gasteiger partial charge in [-0.25, -0.2) is 0 Å². The molecule has 0 radical (unpaired) electrons. The highest BCUT2D eigenvalue weighted by Crippen LogP contribution is 2.23. The van der Waals surface area contributed by atoms with Gasteiger partial charge in [0.05, 0.1) is 23.8 Å². The summed E-state index contributed by atoms with van der Waals surface area (Å²) in [5, 5.41) is 14.4. The van der Waals surface area contributed by atoms with Crippen molar-refractivity contribution in [1.82, 2.24) is 9.88 Å². The first-order valence-electron chi connectivity index (χ1n) is 9.44. The van der Waals surface area contributed by atoms with E-state index in [9.17, 15) is 19.6 Å². The van der Waals surface area contributed by atoms with Crippen LogP contribution in [0.25, 0.3) is 0 Å². The van der Waals surface area contributed by atoms with Crippen LogP contribution in [0.2, 0.25) is 0 Å². The number of nitriles is 1. The Morgan fingerprint density at radius 1 is 1.26 bits per heavy atom. The summed E-state index contributed by atoms with van der Waals surface area (Å²) in [6.45, 7) is 5.12. The average Bonchev–Trinajstić information content (AvgIpc) is 2.96. The molecule has 2 N–H and O–H groups in total. The molecule has 8 nitrogen and oxygen atoms in total. The van der Waals surface area contributed by atoms with Gasteiger partial charge in [0.25, 0.3) is 17.6 Å². The molecule has 1 atom stereocenters. The van der Waals surface area contributed by atoms with Gasteiger partial charge in [-0.15, -0.1) is 6.42 Å². The quantitative estimate of drug-likeness (QED) is 0.404. The fraction of sp³-hybridized carbons (Fsp3) is 0.304. The fourth-order valence-electron chi connectivity index (χ4n) is 3.28. The second-order valence-electron chi connectivity index (χ2n) is 7.07. The molecule has 0 spiro atoms. The van der Waals surface area contributed by atoms with Crippen LogP contribution in [0, 0.1) is 44.4 Å². The number of terminal acetylenes is 1. The molecule has 2 amide bonds. The van der Waals surface area contributed by atoms with Crippen LogP contribution in [0.3, 0.4) is 0 Å². The van der Waals surface area contributed by atoms with Gasteiger partial charge in [-0.05, 0) is 44.0 Å². The van der Waals surface area contributed by atoms with Crippen LogP contribution in [0.1, 0.15) is 43.2 Å². The summed E-state index contributed by atoms with van der Waals surface area (Å²) in [6, 6.07) is 6.33. The van der Waals surface area contributed by atoms with Crippen LogP contribution >= 0.6 is 0 Å². The lowest BCUT2D eigenvalue weighted by atomic mass is 10.0. The van der Waals surface area contributed by atoms with Gasteiger partial charge in [-0.3, -0.25) is 14.4 Å². The van der Waals surface area contributed by atoms with E-state index in [1.54, 1.807) is 50.6 Å². The Hall–Kier alpha value is -3.88. The predicted octanol–water partition coefficient (Wildman–Crippen LogP) is 2.02. The molecular formula is C23H24N4O4. The van der Waals surface area contributed by atoms with E-state index in [2.05, 4.69) is 22.6 Å². The van der Waals surface area contributed by atoms with Crippen LogP contribution < -0.4 is 10.6 Å².